The van der Waals surface area contributed by atoms with Gasteiger partial charge in [0.1, 0.15) is 10.9 Å². The lowest BCUT2D eigenvalue weighted by molar-refractivity contribution is -0.0977. The first-order valence-corrected chi connectivity index (χ1v) is 9.82. The molecule has 0 spiro atoms. The Bertz CT molecular complexity index is 1110. The number of nitrogens with one attached hydrogen (secondary N) is 1. The highest BCUT2D eigenvalue weighted by atomic mass is 35.5. The summed E-state index contributed by atoms with van der Waals surface area (Å²) in [5, 5.41) is 8.09. The molecule has 3 saturated carbocycles. The van der Waals surface area contributed by atoms with Crippen LogP contribution in [0.25, 0.3) is 11.1 Å². The number of hydrogen-bond donors (Lipinski definition) is 2. The van der Waals surface area contributed by atoms with Crippen LogP contribution >= 0.6 is 11.6 Å². The molecule has 0 radical (unpaired) electrons. The first kappa shape index (κ1) is 18.0. The van der Waals surface area contributed by atoms with Gasteiger partial charge in [0.05, 0.1) is 35.8 Å². The number of aromatic nitrogens is 3. The second-order valence-electron chi connectivity index (χ2n) is 7.80. The number of nitrogens with two attached hydrogens (primary N) is 1. The molecule has 3 aromatic rings. The molecule has 3 fully saturated rings. The molecule has 6 rings (SSSR count). The average molecular weight is 410 g/mol. The lowest BCUT2D eigenvalue weighted by Gasteiger charge is -2.61. The number of pyridine rings is 1. The minimum atomic E-state index is -0.591. The van der Waals surface area contributed by atoms with Crippen molar-refractivity contribution in [1.29, 1.82) is 0 Å². The highest BCUT2D eigenvalue weighted by Crippen LogP contribution is 2.62. The fourth-order valence-electron chi connectivity index (χ4n) is 4.39. The number of rotatable bonds is 6. The summed E-state index contributed by atoms with van der Waals surface area (Å²) in [5.74, 6) is 0.941. The number of hydrogen-bond acceptors (Lipinski definition) is 5. The van der Waals surface area contributed by atoms with Gasteiger partial charge in [0, 0.05) is 23.5 Å². The Balaban J connectivity index is 1.51. The van der Waals surface area contributed by atoms with Crippen LogP contribution in [0.1, 0.15) is 29.6 Å². The van der Waals surface area contributed by atoms with E-state index < -0.39 is 5.91 Å². The van der Waals surface area contributed by atoms with Crippen LogP contribution in [0, 0.1) is 5.92 Å². The normalized spacial score (nSPS) is 21.8. The van der Waals surface area contributed by atoms with Gasteiger partial charge >= 0.3 is 0 Å². The zero-order chi connectivity index (χ0) is 20.2. The third-order valence-corrected chi connectivity index (χ3v) is 6.22. The molecular weight excluding hydrogens is 390 g/mol. The van der Waals surface area contributed by atoms with Gasteiger partial charge in [0.25, 0.3) is 5.91 Å². The molecule has 2 aromatic heterocycles. The summed E-state index contributed by atoms with van der Waals surface area (Å²) in [6, 6.07) is 7.34. The number of methoxy groups -OCH3 is 1. The molecule has 2 bridgehead atoms. The number of halogens is 1. The molecule has 29 heavy (non-hydrogen) atoms. The van der Waals surface area contributed by atoms with Crippen LogP contribution in [0.3, 0.4) is 0 Å². The predicted octanol–water partition coefficient (Wildman–Crippen LogP) is 3.96. The second kappa shape index (κ2) is 6.49. The Kier molecular flexibility index (Phi) is 4.03. The first-order valence-electron chi connectivity index (χ1n) is 9.44. The summed E-state index contributed by atoms with van der Waals surface area (Å²) < 4.78 is 7.82. The molecule has 3 N–H and O–H groups in total. The van der Waals surface area contributed by atoms with Gasteiger partial charge in [0.15, 0.2) is 0 Å². The van der Waals surface area contributed by atoms with Crippen LogP contribution in [0.15, 0.2) is 42.9 Å². The lowest BCUT2D eigenvalue weighted by atomic mass is 9.50. The molecule has 148 valence electrons. The zero-order valence-electron chi connectivity index (χ0n) is 15.9. The van der Waals surface area contributed by atoms with Gasteiger partial charge in [-0.25, -0.2) is 4.98 Å². The first-order chi connectivity index (χ1) is 14.0. The van der Waals surface area contributed by atoms with E-state index in [0.717, 1.165) is 17.0 Å². The van der Waals surface area contributed by atoms with Crippen molar-refractivity contribution in [2.75, 3.05) is 12.4 Å². The van der Waals surface area contributed by atoms with E-state index in [0.29, 0.717) is 17.1 Å². The van der Waals surface area contributed by atoms with Crippen molar-refractivity contribution in [3.05, 3.63) is 53.6 Å². The number of carbonyl (C=O) groups excluding carboxylic acids is 1. The molecular formula is C21H20ClN5O2. The van der Waals surface area contributed by atoms with Gasteiger partial charge < -0.3 is 15.8 Å². The number of amides is 1. The largest absolute Gasteiger partial charge is 0.494 e. The molecule has 0 unspecified atom stereocenters. The summed E-state index contributed by atoms with van der Waals surface area (Å²) in [7, 11) is 1.62. The number of benzene rings is 1. The SMILES string of the molecule is COc1c(Nc2cc(Cl)ncc2C(N)=O)cccc1-c1cnn(C23CC(C2)C3)c1. The van der Waals surface area contributed by atoms with Crippen LogP contribution in [0.2, 0.25) is 5.15 Å². The molecule has 1 aromatic carbocycles. The van der Waals surface area contributed by atoms with Crippen LogP contribution in [-0.2, 0) is 5.54 Å². The number of carbonyl (C=O) groups is 1. The maximum absolute atomic E-state index is 11.8. The Morgan fingerprint density at radius 3 is 2.76 bits per heavy atom. The van der Waals surface area contributed by atoms with Crippen molar-refractivity contribution in [2.24, 2.45) is 11.7 Å². The molecule has 8 heteroatoms. The van der Waals surface area contributed by atoms with Gasteiger partial charge in [0.2, 0.25) is 0 Å². The van der Waals surface area contributed by atoms with Gasteiger partial charge in [-0.2, -0.15) is 5.10 Å². The zero-order valence-corrected chi connectivity index (χ0v) is 16.6. The van der Waals surface area contributed by atoms with Gasteiger partial charge in [-0.05, 0) is 37.3 Å². The topological polar surface area (TPSA) is 95.1 Å². The molecule has 0 atom stereocenters. The average Bonchev–Trinajstić information content (AvgIpc) is 3.08. The highest BCUT2D eigenvalue weighted by molar-refractivity contribution is 6.29. The number of ether oxygens (including phenoxy) is 1. The fraction of sp³-hybridized carbons (Fsp3) is 0.286. The van der Waals surface area contributed by atoms with Crippen LogP contribution in [0.5, 0.6) is 5.75 Å². The van der Waals surface area contributed by atoms with Crippen molar-refractivity contribution in [3.63, 3.8) is 0 Å². The maximum Gasteiger partial charge on any atom is 0.252 e. The summed E-state index contributed by atoms with van der Waals surface area (Å²) in [6.45, 7) is 0. The van der Waals surface area contributed by atoms with E-state index in [1.807, 2.05) is 24.4 Å². The number of nitrogens with zero attached hydrogens (tertiary/aromatic N) is 3. The van der Waals surface area contributed by atoms with E-state index in [-0.39, 0.29) is 16.3 Å². The minimum absolute atomic E-state index is 0.232. The maximum atomic E-state index is 11.8. The molecule has 0 aliphatic heterocycles. The van der Waals surface area contributed by atoms with Crippen molar-refractivity contribution in [2.45, 2.75) is 24.8 Å². The monoisotopic (exact) mass is 409 g/mol. The molecule has 3 aliphatic rings. The Morgan fingerprint density at radius 1 is 1.31 bits per heavy atom. The van der Waals surface area contributed by atoms with Crippen molar-refractivity contribution in [3.8, 4) is 16.9 Å². The van der Waals surface area contributed by atoms with Gasteiger partial charge in [-0.1, -0.05) is 23.7 Å². The molecule has 3 aliphatic carbocycles. The lowest BCUT2D eigenvalue weighted by Crippen LogP contribution is -2.59. The van der Waals surface area contributed by atoms with E-state index in [4.69, 9.17) is 22.1 Å². The van der Waals surface area contributed by atoms with Gasteiger partial charge in [-0.15, -0.1) is 0 Å². The number of primary amides is 1. The molecule has 7 nitrogen and oxygen atoms in total. The van der Waals surface area contributed by atoms with Crippen molar-refractivity contribution >= 4 is 28.9 Å². The van der Waals surface area contributed by atoms with E-state index in [1.54, 1.807) is 13.2 Å². The number of anilines is 2. The standard InChI is InChI=1S/C21H20ClN5O2/c1-29-19-14(13-9-25-27(11-13)21-6-12(7-21)8-21)3-2-4-16(19)26-17-5-18(22)24-10-15(17)20(23)28/h2-5,9-12H,6-8H2,1H3,(H2,23,28)(H,24,26). The van der Waals surface area contributed by atoms with Gasteiger partial charge in [-0.3, -0.25) is 9.48 Å². The van der Waals surface area contributed by atoms with E-state index in [2.05, 4.69) is 26.3 Å². The van der Waals surface area contributed by atoms with E-state index in [9.17, 15) is 4.79 Å². The highest BCUT2D eigenvalue weighted by Gasteiger charge is 2.58. The summed E-state index contributed by atoms with van der Waals surface area (Å²) in [4.78, 5) is 15.7. The van der Waals surface area contributed by atoms with Crippen LogP contribution in [0.4, 0.5) is 11.4 Å². The summed E-state index contributed by atoms with van der Waals surface area (Å²) in [5.41, 5.74) is 9.01. The third kappa shape index (κ3) is 2.84. The summed E-state index contributed by atoms with van der Waals surface area (Å²) in [6.07, 6.45) is 9.01. The molecule has 0 saturated heterocycles. The Labute approximate surface area is 172 Å². The smallest absolute Gasteiger partial charge is 0.252 e. The quantitative estimate of drug-likeness (QED) is 0.601. The Morgan fingerprint density at radius 2 is 2.10 bits per heavy atom. The van der Waals surface area contributed by atoms with Crippen LogP contribution < -0.4 is 15.8 Å². The fourth-order valence-corrected chi connectivity index (χ4v) is 4.55. The molecule has 2 heterocycles. The van der Waals surface area contributed by atoms with Crippen molar-refractivity contribution in [1.82, 2.24) is 14.8 Å². The van der Waals surface area contributed by atoms with E-state index >= 15 is 0 Å². The van der Waals surface area contributed by atoms with Crippen LogP contribution in [-0.4, -0.2) is 27.8 Å². The summed E-state index contributed by atoms with van der Waals surface area (Å²) >= 11 is 6.01. The second-order valence-corrected chi connectivity index (χ2v) is 8.19. The van der Waals surface area contributed by atoms with E-state index in [1.165, 1.54) is 25.5 Å². The predicted molar refractivity (Wildman–Crippen MR) is 111 cm³/mol. The minimum Gasteiger partial charge on any atom is -0.494 e. The number of para-hydroxylation sites is 1. The Hall–Kier alpha value is -3.06. The molecule has 1 amide bonds. The third-order valence-electron chi connectivity index (χ3n) is 6.01. The van der Waals surface area contributed by atoms with Crippen molar-refractivity contribution < 1.29 is 9.53 Å².